The third kappa shape index (κ3) is 6.49. The van der Waals surface area contributed by atoms with Crippen LogP contribution in [0.25, 0.3) is 21.9 Å². The van der Waals surface area contributed by atoms with Crippen LogP contribution in [-0.4, -0.2) is 56.1 Å². The van der Waals surface area contributed by atoms with Crippen molar-refractivity contribution in [3.05, 3.63) is 55.5 Å². The molecule has 0 aliphatic rings. The van der Waals surface area contributed by atoms with E-state index in [0.29, 0.717) is 42.5 Å². The Labute approximate surface area is 233 Å². The third-order valence-corrected chi connectivity index (χ3v) is 6.96. The number of anilines is 1. The van der Waals surface area contributed by atoms with E-state index in [2.05, 4.69) is 57.4 Å². The maximum Gasteiger partial charge on any atom is 0.280 e. The predicted octanol–water partition coefficient (Wildman–Crippen LogP) is 2.78. The van der Waals surface area contributed by atoms with Crippen LogP contribution in [0.3, 0.4) is 0 Å². The van der Waals surface area contributed by atoms with Gasteiger partial charge in [-0.1, -0.05) is 22.0 Å². The summed E-state index contributed by atoms with van der Waals surface area (Å²) in [6.45, 7) is 1.03. The zero-order valence-corrected chi connectivity index (χ0v) is 23.3. The summed E-state index contributed by atoms with van der Waals surface area (Å²) in [5.74, 6) is -0.644. The number of hydrogen-bond donors (Lipinski definition) is 5. The number of hydrogen-bond acceptors (Lipinski definition) is 8. The summed E-state index contributed by atoms with van der Waals surface area (Å²) >= 11 is 6.78. The van der Waals surface area contributed by atoms with Crippen molar-refractivity contribution >= 4 is 71.6 Å². The molecule has 0 unspecified atom stereocenters. The molecular formula is C24H25Br2N7O5. The molecule has 2 amide bonds. The zero-order chi connectivity index (χ0) is 27.2. The molecule has 0 bridgehead atoms. The monoisotopic (exact) mass is 649 g/mol. The predicted molar refractivity (Wildman–Crippen MR) is 149 cm³/mol. The topological polar surface area (TPSA) is 177 Å². The Morgan fingerprint density at radius 1 is 1.16 bits per heavy atom. The molecule has 12 nitrogen and oxygen atoms in total. The minimum absolute atomic E-state index is 0.00983. The number of nitrogens with two attached hydrogens (primary N) is 1. The number of phenolic OH excluding ortho intramolecular Hbond substituents is 1. The normalized spacial score (nSPS) is 11.2. The van der Waals surface area contributed by atoms with E-state index < -0.39 is 5.56 Å². The first-order valence-corrected chi connectivity index (χ1v) is 13.3. The van der Waals surface area contributed by atoms with E-state index in [-0.39, 0.29) is 47.9 Å². The number of halogens is 2. The average Bonchev–Trinajstić information content (AvgIpc) is 3.28. The van der Waals surface area contributed by atoms with Crippen LogP contribution in [0.15, 0.2) is 44.3 Å². The average molecular weight is 651 g/mol. The van der Waals surface area contributed by atoms with E-state index in [9.17, 15) is 19.5 Å². The van der Waals surface area contributed by atoms with Gasteiger partial charge in [-0.25, -0.2) is 4.98 Å². The van der Waals surface area contributed by atoms with E-state index in [1.807, 2.05) is 18.2 Å². The number of fused-ring (bicyclic) bond motifs is 2. The number of benzene rings is 2. The molecule has 6 N–H and O–H groups in total. The Morgan fingerprint density at radius 3 is 2.79 bits per heavy atom. The van der Waals surface area contributed by atoms with Gasteiger partial charge in [-0.15, -0.1) is 0 Å². The van der Waals surface area contributed by atoms with Gasteiger partial charge in [-0.3, -0.25) is 23.9 Å². The molecule has 4 aromatic rings. The first kappa shape index (κ1) is 27.5. The summed E-state index contributed by atoms with van der Waals surface area (Å²) in [5, 5.41) is 17.6. The number of phenols is 1. The molecule has 0 saturated heterocycles. The molecule has 2 aromatic heterocycles. The van der Waals surface area contributed by atoms with Crippen LogP contribution in [-0.2, 0) is 16.3 Å². The maximum absolute atomic E-state index is 12.6. The highest BCUT2D eigenvalue weighted by atomic mass is 79.9. The molecular weight excluding hydrogens is 626 g/mol. The van der Waals surface area contributed by atoms with Crippen LogP contribution < -0.4 is 21.9 Å². The first-order chi connectivity index (χ1) is 18.2. The smallest absolute Gasteiger partial charge is 0.280 e. The maximum atomic E-state index is 12.6. The van der Waals surface area contributed by atoms with Crippen molar-refractivity contribution in [3.63, 3.8) is 0 Å². The van der Waals surface area contributed by atoms with Gasteiger partial charge in [0.1, 0.15) is 12.5 Å². The Kier molecular flexibility index (Phi) is 8.97. The Balaban J connectivity index is 1.13. The highest BCUT2D eigenvalue weighted by molar-refractivity contribution is 9.11. The van der Waals surface area contributed by atoms with Crippen molar-refractivity contribution in [1.82, 2.24) is 30.2 Å². The lowest BCUT2D eigenvalue weighted by molar-refractivity contribution is -0.121. The number of aromatic hydroxyl groups is 1. The second-order valence-electron chi connectivity index (χ2n) is 8.39. The van der Waals surface area contributed by atoms with Crippen LogP contribution >= 0.6 is 31.9 Å². The highest BCUT2D eigenvalue weighted by Gasteiger charge is 2.17. The van der Waals surface area contributed by atoms with Crippen molar-refractivity contribution in [2.24, 2.45) is 0 Å². The lowest BCUT2D eigenvalue weighted by Gasteiger charge is -2.11. The SMILES string of the molecule is Nc1nc2c(ncn2COCCNC(=O)CCCCNC(=O)c2cc3cc(Br)ccc3c(Br)c2O)c(=O)[nH]1. The minimum atomic E-state index is -0.425. The van der Waals surface area contributed by atoms with Crippen LogP contribution in [0.4, 0.5) is 5.95 Å². The molecule has 0 fully saturated rings. The van der Waals surface area contributed by atoms with Crippen LogP contribution in [0.1, 0.15) is 29.6 Å². The standard InChI is InChI=1S/C24H25Br2N7O5/c25-14-4-5-15-13(9-14)10-16(20(35)18(15)26)22(36)29-6-2-1-3-17(34)28-7-8-38-12-33-11-30-19-21(33)31-24(27)32-23(19)37/h4-5,9-11,35H,1-3,6-8,12H2,(H,28,34)(H,29,36)(H3,27,31,32,37). The highest BCUT2D eigenvalue weighted by Crippen LogP contribution is 2.36. The molecule has 0 aliphatic heterocycles. The Morgan fingerprint density at radius 2 is 1.97 bits per heavy atom. The molecule has 0 aliphatic carbocycles. The lowest BCUT2D eigenvalue weighted by Crippen LogP contribution is -2.28. The molecule has 38 heavy (non-hydrogen) atoms. The molecule has 200 valence electrons. The van der Waals surface area contributed by atoms with Crippen LogP contribution in [0.5, 0.6) is 5.75 Å². The fourth-order valence-electron chi connectivity index (χ4n) is 3.78. The number of imidazole rings is 1. The van der Waals surface area contributed by atoms with E-state index in [0.717, 1.165) is 15.2 Å². The van der Waals surface area contributed by atoms with E-state index in [4.69, 9.17) is 10.5 Å². The Bertz CT molecular complexity index is 1550. The number of unbranched alkanes of at least 4 members (excludes halogenated alkanes) is 1. The van der Waals surface area contributed by atoms with Gasteiger partial charge < -0.3 is 26.2 Å². The lowest BCUT2D eigenvalue weighted by atomic mass is 10.1. The van der Waals surface area contributed by atoms with Gasteiger partial charge in [0.25, 0.3) is 11.5 Å². The van der Waals surface area contributed by atoms with Crippen molar-refractivity contribution in [1.29, 1.82) is 0 Å². The molecule has 0 atom stereocenters. The molecule has 0 spiro atoms. The molecule has 2 heterocycles. The Hall–Kier alpha value is -3.49. The van der Waals surface area contributed by atoms with Crippen molar-refractivity contribution in [2.45, 2.75) is 26.0 Å². The molecule has 2 aromatic carbocycles. The number of carbonyl (C=O) groups excluding carboxylic acids is 2. The summed E-state index contributed by atoms with van der Waals surface area (Å²) in [4.78, 5) is 46.9. The number of rotatable bonds is 11. The van der Waals surface area contributed by atoms with Gasteiger partial charge in [-0.2, -0.15) is 4.98 Å². The number of nitrogens with zero attached hydrogens (tertiary/aromatic N) is 3. The fraction of sp³-hybridized carbons (Fsp3) is 0.292. The van der Waals surface area contributed by atoms with Crippen molar-refractivity contribution < 1.29 is 19.4 Å². The molecule has 0 radical (unpaired) electrons. The van der Waals surface area contributed by atoms with E-state index in [1.165, 1.54) is 6.33 Å². The van der Waals surface area contributed by atoms with Gasteiger partial charge in [0.05, 0.1) is 23.0 Å². The van der Waals surface area contributed by atoms with Gasteiger partial charge >= 0.3 is 0 Å². The number of aromatic nitrogens is 4. The van der Waals surface area contributed by atoms with Crippen molar-refractivity contribution in [3.8, 4) is 5.75 Å². The second kappa shape index (κ2) is 12.4. The minimum Gasteiger partial charge on any atom is -0.506 e. The number of nitrogen functional groups attached to an aromatic ring is 1. The third-order valence-electron chi connectivity index (χ3n) is 5.67. The van der Waals surface area contributed by atoms with Gasteiger partial charge in [0.15, 0.2) is 11.2 Å². The summed E-state index contributed by atoms with van der Waals surface area (Å²) in [6, 6.07) is 7.22. The van der Waals surface area contributed by atoms with E-state index >= 15 is 0 Å². The van der Waals surface area contributed by atoms with Crippen molar-refractivity contribution in [2.75, 3.05) is 25.4 Å². The number of amides is 2. The number of carbonyl (C=O) groups is 2. The number of ether oxygens (including phenoxy) is 1. The largest absolute Gasteiger partial charge is 0.506 e. The first-order valence-electron chi connectivity index (χ1n) is 11.7. The second-order valence-corrected chi connectivity index (χ2v) is 10.1. The summed E-state index contributed by atoms with van der Waals surface area (Å²) in [6.07, 6.45) is 2.91. The molecule has 0 saturated carbocycles. The molecule has 4 rings (SSSR count). The van der Waals surface area contributed by atoms with Crippen LogP contribution in [0.2, 0.25) is 0 Å². The quantitative estimate of drug-likeness (QED) is 0.154. The van der Waals surface area contributed by atoms with Crippen LogP contribution in [0, 0.1) is 0 Å². The van der Waals surface area contributed by atoms with Gasteiger partial charge in [0.2, 0.25) is 11.9 Å². The fourth-order valence-corrected chi connectivity index (χ4v) is 4.74. The number of H-pyrrole nitrogens is 1. The molecule has 14 heteroatoms. The van der Waals surface area contributed by atoms with Gasteiger partial charge in [-0.05, 0) is 57.7 Å². The van der Waals surface area contributed by atoms with Gasteiger partial charge in [0, 0.05) is 24.0 Å². The van der Waals surface area contributed by atoms with E-state index in [1.54, 1.807) is 10.6 Å². The summed E-state index contributed by atoms with van der Waals surface area (Å²) in [5.41, 5.74) is 5.81. The zero-order valence-electron chi connectivity index (χ0n) is 20.1. The summed E-state index contributed by atoms with van der Waals surface area (Å²) < 4.78 is 8.40. The number of aromatic amines is 1. The number of nitrogens with one attached hydrogen (secondary N) is 3. The summed E-state index contributed by atoms with van der Waals surface area (Å²) in [7, 11) is 0.